The molecule has 2 aromatic carbocycles. The second-order valence-electron chi connectivity index (χ2n) is 6.34. The van der Waals surface area contributed by atoms with Gasteiger partial charge in [-0.2, -0.15) is 0 Å². The number of nitrogens with one attached hydrogen (secondary N) is 2. The molecule has 30 heavy (non-hydrogen) atoms. The average molecular weight is 445 g/mol. The summed E-state index contributed by atoms with van der Waals surface area (Å²) in [5.74, 6) is -2.35. The SMILES string of the molecule is N=C(N)NC(C(=O)O)c1nc(-c2cc3ccccc3s2)oc1-c1ccc(Cl)c(F)c1. The van der Waals surface area contributed by atoms with Crippen LogP contribution in [0.4, 0.5) is 4.39 Å². The number of hydrogen-bond donors (Lipinski definition) is 4. The van der Waals surface area contributed by atoms with E-state index in [-0.39, 0.29) is 27.9 Å². The third kappa shape index (κ3) is 3.72. The van der Waals surface area contributed by atoms with Gasteiger partial charge in [0.25, 0.3) is 0 Å². The lowest BCUT2D eigenvalue weighted by atomic mass is 10.1. The molecule has 4 aromatic rings. The molecule has 4 rings (SSSR count). The first kappa shape index (κ1) is 19.9. The van der Waals surface area contributed by atoms with Crippen molar-refractivity contribution in [2.45, 2.75) is 6.04 Å². The third-order valence-electron chi connectivity index (χ3n) is 4.29. The molecule has 0 saturated carbocycles. The second kappa shape index (κ2) is 7.77. The molecule has 0 fully saturated rings. The highest BCUT2D eigenvalue weighted by Gasteiger charge is 2.30. The van der Waals surface area contributed by atoms with Gasteiger partial charge in [-0.1, -0.05) is 29.8 Å². The number of carbonyl (C=O) groups is 1. The number of guanidine groups is 1. The lowest BCUT2D eigenvalue weighted by Gasteiger charge is -2.13. The average Bonchev–Trinajstić information content (AvgIpc) is 3.32. The molecule has 2 heterocycles. The van der Waals surface area contributed by atoms with Crippen LogP contribution in [0.2, 0.25) is 5.02 Å². The fourth-order valence-corrected chi connectivity index (χ4v) is 4.07. The Kier molecular flexibility index (Phi) is 5.15. The standard InChI is InChI=1S/C20H14ClFN4O3S/c21-11-6-5-10(7-12(11)22)17-15(16(19(27)28)26-20(23)24)25-18(29-17)14-8-9-3-1-2-4-13(9)30-14/h1-8,16H,(H,27,28)(H4,23,24,26). The van der Waals surface area contributed by atoms with Crippen LogP contribution in [-0.2, 0) is 4.79 Å². The van der Waals surface area contributed by atoms with Crippen LogP contribution >= 0.6 is 22.9 Å². The number of hydrogen-bond acceptors (Lipinski definition) is 5. The van der Waals surface area contributed by atoms with E-state index in [1.54, 1.807) is 0 Å². The second-order valence-corrected chi connectivity index (χ2v) is 7.83. The number of nitrogens with two attached hydrogens (primary N) is 1. The van der Waals surface area contributed by atoms with E-state index >= 15 is 0 Å². The number of oxazole rings is 1. The lowest BCUT2D eigenvalue weighted by Crippen LogP contribution is -2.38. The van der Waals surface area contributed by atoms with Crippen molar-refractivity contribution in [2.24, 2.45) is 5.73 Å². The molecule has 0 amide bonds. The Hall–Kier alpha value is -3.43. The van der Waals surface area contributed by atoms with Crippen LogP contribution in [0.25, 0.3) is 32.2 Å². The van der Waals surface area contributed by atoms with Crippen molar-refractivity contribution in [3.05, 3.63) is 65.1 Å². The van der Waals surface area contributed by atoms with Crippen molar-refractivity contribution >= 4 is 45.0 Å². The molecular formula is C20H14ClFN4O3S. The minimum absolute atomic E-state index is 0.0353. The summed E-state index contributed by atoms with van der Waals surface area (Å²) in [5.41, 5.74) is 5.56. The van der Waals surface area contributed by atoms with Gasteiger partial charge >= 0.3 is 5.97 Å². The van der Waals surface area contributed by atoms with E-state index in [9.17, 15) is 14.3 Å². The van der Waals surface area contributed by atoms with E-state index in [1.807, 2.05) is 30.3 Å². The molecule has 0 aliphatic heterocycles. The summed E-state index contributed by atoms with van der Waals surface area (Å²) in [5, 5.41) is 20.3. The molecule has 2 aromatic heterocycles. The van der Waals surface area contributed by atoms with Crippen molar-refractivity contribution in [1.82, 2.24) is 10.3 Å². The van der Waals surface area contributed by atoms with Crippen molar-refractivity contribution < 1.29 is 18.7 Å². The molecule has 0 saturated heterocycles. The molecule has 10 heteroatoms. The quantitative estimate of drug-likeness (QED) is 0.263. The van der Waals surface area contributed by atoms with Gasteiger partial charge in [-0.3, -0.25) is 5.41 Å². The Morgan fingerprint density at radius 3 is 2.73 bits per heavy atom. The molecule has 0 spiro atoms. The zero-order valence-electron chi connectivity index (χ0n) is 15.1. The topological polar surface area (TPSA) is 125 Å². The predicted molar refractivity (Wildman–Crippen MR) is 113 cm³/mol. The summed E-state index contributed by atoms with van der Waals surface area (Å²) in [6.07, 6.45) is 0. The summed E-state index contributed by atoms with van der Waals surface area (Å²) in [6.45, 7) is 0. The van der Waals surface area contributed by atoms with Crippen LogP contribution < -0.4 is 11.1 Å². The van der Waals surface area contributed by atoms with E-state index in [2.05, 4.69) is 10.3 Å². The summed E-state index contributed by atoms with van der Waals surface area (Å²) >= 11 is 7.19. The van der Waals surface area contributed by atoms with Gasteiger partial charge in [0, 0.05) is 10.3 Å². The van der Waals surface area contributed by atoms with Gasteiger partial charge in [0.15, 0.2) is 17.8 Å². The first-order chi connectivity index (χ1) is 14.3. The number of aromatic nitrogens is 1. The first-order valence-electron chi connectivity index (χ1n) is 8.62. The zero-order valence-corrected chi connectivity index (χ0v) is 16.7. The molecular weight excluding hydrogens is 431 g/mol. The summed E-state index contributed by atoms with van der Waals surface area (Å²) in [4.78, 5) is 16.9. The Labute approximate surface area is 178 Å². The molecule has 7 nitrogen and oxygen atoms in total. The predicted octanol–water partition coefficient (Wildman–Crippen LogP) is 4.62. The number of nitrogens with zero attached hydrogens (tertiary/aromatic N) is 1. The lowest BCUT2D eigenvalue weighted by molar-refractivity contribution is -0.139. The van der Waals surface area contributed by atoms with Gasteiger partial charge < -0.3 is 20.6 Å². The van der Waals surface area contributed by atoms with Gasteiger partial charge in [-0.05, 0) is 35.7 Å². The summed E-state index contributed by atoms with van der Waals surface area (Å²) in [6, 6.07) is 12.1. The van der Waals surface area contributed by atoms with E-state index in [0.717, 1.165) is 16.2 Å². The number of rotatable bonds is 5. The summed E-state index contributed by atoms with van der Waals surface area (Å²) < 4.78 is 21.0. The Balaban J connectivity index is 1.90. The minimum Gasteiger partial charge on any atom is -0.479 e. The molecule has 1 unspecified atom stereocenters. The van der Waals surface area contributed by atoms with E-state index in [0.29, 0.717) is 4.88 Å². The molecule has 0 bridgehead atoms. The van der Waals surface area contributed by atoms with Crippen LogP contribution in [0, 0.1) is 11.2 Å². The van der Waals surface area contributed by atoms with Crippen molar-refractivity contribution in [2.75, 3.05) is 0 Å². The van der Waals surface area contributed by atoms with Crippen LogP contribution in [-0.4, -0.2) is 22.0 Å². The number of halogens is 2. The third-order valence-corrected chi connectivity index (χ3v) is 5.70. The van der Waals surface area contributed by atoms with Crippen molar-refractivity contribution in [3.63, 3.8) is 0 Å². The number of fused-ring (bicyclic) bond motifs is 1. The first-order valence-corrected chi connectivity index (χ1v) is 9.81. The van der Waals surface area contributed by atoms with E-state index < -0.39 is 23.8 Å². The maximum absolute atomic E-state index is 14.1. The van der Waals surface area contributed by atoms with Gasteiger partial charge in [0.1, 0.15) is 11.5 Å². The van der Waals surface area contributed by atoms with Crippen molar-refractivity contribution in [1.29, 1.82) is 5.41 Å². The zero-order chi connectivity index (χ0) is 21.4. The van der Waals surface area contributed by atoms with Gasteiger partial charge in [0.2, 0.25) is 5.89 Å². The maximum Gasteiger partial charge on any atom is 0.332 e. The smallest absolute Gasteiger partial charge is 0.332 e. The number of carboxylic acids is 1. The van der Waals surface area contributed by atoms with E-state index in [4.69, 9.17) is 27.2 Å². The molecule has 0 radical (unpaired) electrons. The number of aliphatic carboxylic acids is 1. The van der Waals surface area contributed by atoms with Crippen LogP contribution in [0.5, 0.6) is 0 Å². The molecule has 0 aliphatic rings. The fraction of sp³-hybridized carbons (Fsp3) is 0.0500. The molecule has 5 N–H and O–H groups in total. The molecule has 152 valence electrons. The Bertz CT molecular complexity index is 1250. The Morgan fingerprint density at radius 1 is 1.30 bits per heavy atom. The minimum atomic E-state index is -1.47. The molecule has 1 atom stereocenters. The normalized spacial score (nSPS) is 12.1. The monoisotopic (exact) mass is 444 g/mol. The van der Waals surface area contributed by atoms with Gasteiger partial charge in [0.05, 0.1) is 9.90 Å². The highest BCUT2D eigenvalue weighted by molar-refractivity contribution is 7.22. The largest absolute Gasteiger partial charge is 0.479 e. The van der Waals surface area contributed by atoms with Gasteiger partial charge in [-0.15, -0.1) is 11.3 Å². The van der Waals surface area contributed by atoms with Crippen LogP contribution in [0.3, 0.4) is 0 Å². The maximum atomic E-state index is 14.1. The number of thiophene rings is 1. The number of carboxylic acid groups (broad SMARTS) is 1. The van der Waals surface area contributed by atoms with E-state index in [1.165, 1.54) is 23.5 Å². The van der Waals surface area contributed by atoms with Crippen molar-refractivity contribution in [3.8, 4) is 22.1 Å². The van der Waals surface area contributed by atoms with Gasteiger partial charge in [-0.25, -0.2) is 14.2 Å². The fourth-order valence-electron chi connectivity index (χ4n) is 2.97. The number of benzene rings is 2. The highest BCUT2D eigenvalue weighted by atomic mass is 35.5. The van der Waals surface area contributed by atoms with Crippen LogP contribution in [0.1, 0.15) is 11.7 Å². The highest BCUT2D eigenvalue weighted by Crippen LogP contribution is 2.38. The molecule has 0 aliphatic carbocycles. The Morgan fingerprint density at radius 2 is 2.07 bits per heavy atom. The van der Waals surface area contributed by atoms with Crippen LogP contribution in [0.15, 0.2) is 52.9 Å². The summed E-state index contributed by atoms with van der Waals surface area (Å²) in [7, 11) is 0.